The number of nitrogens with one attached hydrogen (secondary N) is 1. The smallest absolute Gasteiger partial charge is 0.136 e. The number of hydrogen-bond acceptors (Lipinski definition) is 4. The third-order valence-corrected chi connectivity index (χ3v) is 3.01. The van der Waals surface area contributed by atoms with Crippen LogP contribution in [0.4, 0.5) is 5.69 Å². The summed E-state index contributed by atoms with van der Waals surface area (Å²) < 4.78 is 5.19. The van der Waals surface area contributed by atoms with Gasteiger partial charge in [0.1, 0.15) is 17.4 Å². The highest BCUT2D eigenvalue weighted by molar-refractivity contribution is 6.30. The maximum Gasteiger partial charge on any atom is 0.136 e. The van der Waals surface area contributed by atoms with Crippen LogP contribution in [0, 0.1) is 11.3 Å². The van der Waals surface area contributed by atoms with E-state index < -0.39 is 5.60 Å². The summed E-state index contributed by atoms with van der Waals surface area (Å²) in [4.78, 5) is 0. The third-order valence-electron chi connectivity index (χ3n) is 2.78. The number of rotatable bonds is 4. The first-order chi connectivity index (χ1) is 9.03. The van der Waals surface area contributed by atoms with Crippen molar-refractivity contribution >= 4 is 17.3 Å². The number of furan rings is 1. The van der Waals surface area contributed by atoms with Gasteiger partial charge in [-0.25, -0.2) is 0 Å². The summed E-state index contributed by atoms with van der Waals surface area (Å²) in [5.41, 5.74) is -0.1000. The van der Waals surface area contributed by atoms with Gasteiger partial charge in [-0.3, -0.25) is 0 Å². The van der Waals surface area contributed by atoms with Gasteiger partial charge in [-0.05, 0) is 37.3 Å². The highest BCUT2D eigenvalue weighted by atomic mass is 35.5. The zero-order chi connectivity index (χ0) is 13.9. The van der Waals surface area contributed by atoms with Gasteiger partial charge in [0, 0.05) is 5.02 Å². The molecule has 0 aliphatic heterocycles. The summed E-state index contributed by atoms with van der Waals surface area (Å²) in [5.74, 6) is 0.465. The predicted molar refractivity (Wildman–Crippen MR) is 72.9 cm³/mol. The van der Waals surface area contributed by atoms with Crippen molar-refractivity contribution in [3.63, 3.8) is 0 Å². The second-order valence-corrected chi connectivity index (χ2v) is 4.84. The van der Waals surface area contributed by atoms with E-state index in [0.29, 0.717) is 22.0 Å². The maximum atomic E-state index is 10.3. The Morgan fingerprint density at radius 2 is 2.26 bits per heavy atom. The average molecular weight is 277 g/mol. The monoisotopic (exact) mass is 276 g/mol. The summed E-state index contributed by atoms with van der Waals surface area (Å²) in [5, 5.41) is 22.8. The molecule has 1 aromatic carbocycles. The molecule has 19 heavy (non-hydrogen) atoms. The number of halogens is 1. The topological polar surface area (TPSA) is 69.2 Å². The van der Waals surface area contributed by atoms with Crippen LogP contribution in [0.2, 0.25) is 5.02 Å². The summed E-state index contributed by atoms with van der Waals surface area (Å²) in [6, 6.07) is 10.4. The van der Waals surface area contributed by atoms with E-state index in [2.05, 4.69) is 11.4 Å². The Morgan fingerprint density at radius 1 is 1.47 bits per heavy atom. The lowest BCUT2D eigenvalue weighted by Crippen LogP contribution is -2.30. The largest absolute Gasteiger partial charge is 0.466 e. The SMILES string of the molecule is CC(O)(CNc1ccc(Cl)cc1C#N)c1ccco1. The molecule has 4 nitrogen and oxygen atoms in total. The number of aliphatic hydroxyl groups is 1. The number of nitriles is 1. The fraction of sp³-hybridized carbons (Fsp3) is 0.214. The normalized spacial score (nSPS) is 13.6. The van der Waals surface area contributed by atoms with E-state index in [4.69, 9.17) is 21.3 Å². The average Bonchev–Trinajstić information content (AvgIpc) is 2.91. The van der Waals surface area contributed by atoms with Gasteiger partial charge < -0.3 is 14.8 Å². The third kappa shape index (κ3) is 3.08. The molecular formula is C14H13ClN2O2. The number of anilines is 1. The lowest BCUT2D eigenvalue weighted by molar-refractivity contribution is 0.0476. The van der Waals surface area contributed by atoms with Crippen molar-refractivity contribution < 1.29 is 9.52 Å². The highest BCUT2D eigenvalue weighted by Gasteiger charge is 2.26. The second kappa shape index (κ2) is 5.35. The van der Waals surface area contributed by atoms with E-state index in [-0.39, 0.29) is 6.54 Å². The van der Waals surface area contributed by atoms with Crippen LogP contribution in [-0.2, 0) is 5.60 Å². The minimum atomic E-state index is -1.16. The molecule has 0 spiro atoms. The first-order valence-electron chi connectivity index (χ1n) is 5.73. The fourth-order valence-electron chi connectivity index (χ4n) is 1.70. The van der Waals surface area contributed by atoms with Gasteiger partial charge in [0.15, 0.2) is 0 Å². The Balaban J connectivity index is 2.13. The molecule has 1 heterocycles. The first kappa shape index (κ1) is 13.5. The standard InChI is InChI=1S/C14H13ClN2O2/c1-14(18,13-3-2-6-19-13)9-17-12-5-4-11(15)7-10(12)8-16/h2-7,17-18H,9H2,1H3. The molecule has 1 atom stereocenters. The van der Waals surface area contributed by atoms with Crippen LogP contribution in [0.3, 0.4) is 0 Å². The molecule has 0 radical (unpaired) electrons. The molecule has 0 saturated heterocycles. The molecule has 0 amide bonds. The van der Waals surface area contributed by atoms with E-state index in [1.54, 1.807) is 37.3 Å². The molecule has 0 saturated carbocycles. The second-order valence-electron chi connectivity index (χ2n) is 4.41. The molecule has 0 fully saturated rings. The van der Waals surface area contributed by atoms with E-state index in [1.807, 2.05) is 0 Å². The van der Waals surface area contributed by atoms with Crippen molar-refractivity contribution in [3.05, 3.63) is 52.9 Å². The van der Waals surface area contributed by atoms with Gasteiger partial charge in [0.05, 0.1) is 24.1 Å². The van der Waals surface area contributed by atoms with Gasteiger partial charge in [-0.15, -0.1) is 0 Å². The van der Waals surface area contributed by atoms with Crippen molar-refractivity contribution in [2.24, 2.45) is 0 Å². The van der Waals surface area contributed by atoms with Crippen molar-refractivity contribution in [2.75, 3.05) is 11.9 Å². The van der Waals surface area contributed by atoms with Gasteiger partial charge in [0.25, 0.3) is 0 Å². The molecule has 2 N–H and O–H groups in total. The van der Waals surface area contributed by atoms with E-state index in [9.17, 15) is 5.11 Å². The fourth-order valence-corrected chi connectivity index (χ4v) is 1.87. The van der Waals surface area contributed by atoms with Crippen molar-refractivity contribution in [2.45, 2.75) is 12.5 Å². The molecule has 1 aromatic heterocycles. The van der Waals surface area contributed by atoms with Crippen molar-refractivity contribution in [1.29, 1.82) is 5.26 Å². The van der Waals surface area contributed by atoms with Gasteiger partial charge >= 0.3 is 0 Å². The highest BCUT2D eigenvalue weighted by Crippen LogP contribution is 2.24. The maximum absolute atomic E-state index is 10.3. The van der Waals surface area contributed by atoms with E-state index in [1.165, 1.54) is 6.26 Å². The zero-order valence-corrected chi connectivity index (χ0v) is 11.1. The van der Waals surface area contributed by atoms with Crippen LogP contribution in [0.25, 0.3) is 0 Å². The van der Waals surface area contributed by atoms with Crippen LogP contribution >= 0.6 is 11.6 Å². The van der Waals surface area contributed by atoms with Crippen LogP contribution < -0.4 is 5.32 Å². The molecule has 0 bridgehead atoms. The summed E-state index contributed by atoms with van der Waals surface area (Å²) in [7, 11) is 0. The molecule has 2 rings (SSSR count). The van der Waals surface area contributed by atoms with Crippen molar-refractivity contribution in [3.8, 4) is 6.07 Å². The molecule has 2 aromatic rings. The number of hydrogen-bond donors (Lipinski definition) is 2. The van der Waals surface area contributed by atoms with Crippen LogP contribution in [-0.4, -0.2) is 11.7 Å². The Bertz CT molecular complexity index is 600. The zero-order valence-electron chi connectivity index (χ0n) is 10.4. The Morgan fingerprint density at radius 3 is 2.89 bits per heavy atom. The lowest BCUT2D eigenvalue weighted by atomic mass is 10.0. The molecule has 98 valence electrons. The molecule has 5 heteroatoms. The quantitative estimate of drug-likeness (QED) is 0.900. The van der Waals surface area contributed by atoms with Crippen LogP contribution in [0.15, 0.2) is 41.0 Å². The Kier molecular flexibility index (Phi) is 3.79. The van der Waals surface area contributed by atoms with Gasteiger partial charge in [-0.2, -0.15) is 5.26 Å². The Labute approximate surface area is 116 Å². The molecule has 0 aliphatic rings. The summed E-state index contributed by atoms with van der Waals surface area (Å²) in [6.07, 6.45) is 1.51. The minimum Gasteiger partial charge on any atom is -0.466 e. The number of nitrogens with zero attached hydrogens (tertiary/aromatic N) is 1. The molecular weight excluding hydrogens is 264 g/mol. The van der Waals surface area contributed by atoms with Crippen LogP contribution in [0.5, 0.6) is 0 Å². The van der Waals surface area contributed by atoms with Crippen LogP contribution in [0.1, 0.15) is 18.2 Å². The first-order valence-corrected chi connectivity index (χ1v) is 6.10. The molecule has 0 aliphatic carbocycles. The number of benzene rings is 1. The van der Waals surface area contributed by atoms with Gasteiger partial charge in [-0.1, -0.05) is 11.6 Å². The summed E-state index contributed by atoms with van der Waals surface area (Å²) >= 11 is 5.82. The summed E-state index contributed by atoms with van der Waals surface area (Å²) in [6.45, 7) is 1.86. The molecule has 1 unspecified atom stereocenters. The van der Waals surface area contributed by atoms with E-state index >= 15 is 0 Å². The predicted octanol–water partition coefficient (Wildman–Crippen LogP) is 3.12. The van der Waals surface area contributed by atoms with E-state index in [0.717, 1.165) is 0 Å². The lowest BCUT2D eigenvalue weighted by Gasteiger charge is -2.22. The minimum absolute atomic E-state index is 0.219. The van der Waals surface area contributed by atoms with Gasteiger partial charge in [0.2, 0.25) is 0 Å². The van der Waals surface area contributed by atoms with Crippen molar-refractivity contribution in [1.82, 2.24) is 0 Å². The Hall–Kier alpha value is -1.96.